The summed E-state index contributed by atoms with van der Waals surface area (Å²) in [5.41, 5.74) is 0. The van der Waals surface area contributed by atoms with Crippen LogP contribution in [0.2, 0.25) is 0 Å². The second kappa shape index (κ2) is 4.95. The smallest absolute Gasteiger partial charge is 0.232 e. The Morgan fingerprint density at radius 3 is 1.94 bits per heavy atom. The van der Waals surface area contributed by atoms with Gasteiger partial charge in [0.2, 0.25) is 11.8 Å². The average molecular weight is 226 g/mol. The van der Waals surface area contributed by atoms with Crippen molar-refractivity contribution in [2.24, 2.45) is 17.8 Å². The molecule has 1 saturated heterocycles. The molecule has 92 valence electrons. The summed E-state index contributed by atoms with van der Waals surface area (Å²) in [6.45, 7) is 8.31. The molecule has 0 aromatic heterocycles. The van der Waals surface area contributed by atoms with Crippen molar-refractivity contribution in [2.45, 2.75) is 33.7 Å². The monoisotopic (exact) mass is 226 g/mol. The van der Waals surface area contributed by atoms with Crippen LogP contribution in [-0.4, -0.2) is 36.3 Å². The van der Waals surface area contributed by atoms with E-state index in [9.17, 15) is 9.59 Å². The zero-order chi connectivity index (χ0) is 12.5. The Hall–Kier alpha value is -0.900. The summed E-state index contributed by atoms with van der Waals surface area (Å²) in [5.74, 6) is 0.00273. The number of hydrogen-bond donors (Lipinski definition) is 1. The lowest BCUT2D eigenvalue weighted by Gasteiger charge is -2.25. The van der Waals surface area contributed by atoms with Gasteiger partial charge in [0.05, 0.1) is 0 Å². The fraction of sp³-hybridized carbons (Fsp3) is 0.833. The molecule has 0 saturated carbocycles. The van der Waals surface area contributed by atoms with E-state index in [1.165, 1.54) is 4.90 Å². The van der Waals surface area contributed by atoms with Crippen LogP contribution in [0.3, 0.4) is 0 Å². The highest BCUT2D eigenvalue weighted by molar-refractivity contribution is 6.04. The van der Waals surface area contributed by atoms with Crippen molar-refractivity contribution in [1.82, 2.24) is 10.2 Å². The number of likely N-dealkylation sites (tertiary alicyclic amines) is 1. The molecule has 4 nitrogen and oxygen atoms in total. The van der Waals surface area contributed by atoms with E-state index in [1.807, 2.05) is 20.9 Å². The first kappa shape index (κ1) is 13.2. The van der Waals surface area contributed by atoms with Crippen LogP contribution in [0.25, 0.3) is 0 Å². The van der Waals surface area contributed by atoms with E-state index in [0.717, 1.165) is 0 Å². The topological polar surface area (TPSA) is 49.4 Å². The summed E-state index contributed by atoms with van der Waals surface area (Å²) in [7, 11) is 1.86. The highest BCUT2D eigenvalue weighted by atomic mass is 16.2. The maximum atomic E-state index is 11.9. The van der Waals surface area contributed by atoms with Gasteiger partial charge in [0.25, 0.3) is 0 Å². The minimum Gasteiger partial charge on any atom is -0.315 e. The van der Waals surface area contributed by atoms with E-state index in [0.29, 0.717) is 12.5 Å². The molecule has 0 bridgehead atoms. The molecule has 2 amide bonds. The molecule has 1 heterocycles. The molecular formula is C12H22N2O2. The van der Waals surface area contributed by atoms with Gasteiger partial charge < -0.3 is 5.32 Å². The molecule has 0 aromatic carbocycles. The molecule has 0 radical (unpaired) electrons. The van der Waals surface area contributed by atoms with Crippen LogP contribution >= 0.6 is 0 Å². The Morgan fingerprint density at radius 2 is 1.62 bits per heavy atom. The van der Waals surface area contributed by atoms with Gasteiger partial charge in [0.1, 0.15) is 0 Å². The van der Waals surface area contributed by atoms with E-state index in [1.54, 1.807) is 0 Å². The highest BCUT2D eigenvalue weighted by Crippen LogP contribution is 2.25. The van der Waals surface area contributed by atoms with Crippen molar-refractivity contribution in [2.75, 3.05) is 13.6 Å². The van der Waals surface area contributed by atoms with Crippen LogP contribution in [0.1, 0.15) is 27.7 Å². The molecule has 1 aliphatic rings. The third kappa shape index (κ3) is 2.26. The summed E-state index contributed by atoms with van der Waals surface area (Å²) in [4.78, 5) is 25.2. The predicted octanol–water partition coefficient (Wildman–Crippen LogP) is 0.871. The number of hydrogen-bond acceptors (Lipinski definition) is 3. The van der Waals surface area contributed by atoms with Crippen molar-refractivity contribution >= 4 is 11.8 Å². The number of nitrogens with zero attached hydrogens (tertiary/aromatic N) is 1. The Bertz CT molecular complexity index is 269. The molecule has 1 N–H and O–H groups in total. The zero-order valence-corrected chi connectivity index (χ0v) is 10.8. The highest BCUT2D eigenvalue weighted by Gasteiger charge is 2.42. The summed E-state index contributed by atoms with van der Waals surface area (Å²) in [6.07, 6.45) is 0. The van der Waals surface area contributed by atoms with Crippen LogP contribution in [0.5, 0.6) is 0 Å². The molecule has 0 aliphatic carbocycles. The van der Waals surface area contributed by atoms with Crippen LogP contribution in [0.4, 0.5) is 0 Å². The molecule has 1 aliphatic heterocycles. The molecule has 1 fully saturated rings. The fourth-order valence-corrected chi connectivity index (χ4v) is 2.04. The predicted molar refractivity (Wildman–Crippen MR) is 62.7 cm³/mol. The maximum Gasteiger partial charge on any atom is 0.232 e. The first-order valence-electron chi connectivity index (χ1n) is 5.92. The van der Waals surface area contributed by atoms with Crippen LogP contribution < -0.4 is 5.32 Å². The lowest BCUT2D eigenvalue weighted by molar-refractivity contribution is -0.140. The second-order valence-electron chi connectivity index (χ2n) is 5.00. The summed E-state index contributed by atoms with van der Waals surface area (Å²) in [5, 5.41) is 3.15. The quantitative estimate of drug-likeness (QED) is 0.724. The number of carbonyl (C=O) groups is 2. The SMILES string of the molecule is CNC(CN1C(=O)C(C)C(C)C1=O)C(C)C. The molecule has 16 heavy (non-hydrogen) atoms. The largest absolute Gasteiger partial charge is 0.315 e. The molecular weight excluding hydrogens is 204 g/mol. The van der Waals surface area contributed by atoms with Crippen molar-refractivity contribution < 1.29 is 9.59 Å². The van der Waals surface area contributed by atoms with E-state index in [4.69, 9.17) is 0 Å². The first-order chi connectivity index (χ1) is 7.40. The summed E-state index contributed by atoms with van der Waals surface area (Å²) < 4.78 is 0. The van der Waals surface area contributed by atoms with Gasteiger partial charge in [-0.25, -0.2) is 0 Å². The normalized spacial score (nSPS) is 28.0. The average Bonchev–Trinajstić information content (AvgIpc) is 2.41. The maximum absolute atomic E-state index is 11.9. The van der Waals surface area contributed by atoms with Gasteiger partial charge in [-0.3, -0.25) is 14.5 Å². The molecule has 0 aromatic rings. The van der Waals surface area contributed by atoms with Crippen molar-refractivity contribution in [1.29, 1.82) is 0 Å². The molecule has 0 spiro atoms. The van der Waals surface area contributed by atoms with E-state index in [-0.39, 0.29) is 29.7 Å². The Balaban J connectivity index is 2.74. The van der Waals surface area contributed by atoms with E-state index in [2.05, 4.69) is 19.2 Å². The number of imide groups is 1. The Kier molecular flexibility index (Phi) is 4.08. The lowest BCUT2D eigenvalue weighted by atomic mass is 10.00. The third-order valence-corrected chi connectivity index (χ3v) is 3.62. The molecule has 3 atom stereocenters. The van der Waals surface area contributed by atoms with E-state index < -0.39 is 0 Å². The van der Waals surface area contributed by atoms with Crippen LogP contribution in [-0.2, 0) is 9.59 Å². The van der Waals surface area contributed by atoms with E-state index >= 15 is 0 Å². The summed E-state index contributed by atoms with van der Waals surface area (Å²) in [6, 6.07) is 0.172. The Morgan fingerprint density at radius 1 is 1.19 bits per heavy atom. The van der Waals surface area contributed by atoms with Gasteiger partial charge in [-0.1, -0.05) is 27.7 Å². The lowest BCUT2D eigenvalue weighted by Crippen LogP contribution is -2.45. The zero-order valence-electron chi connectivity index (χ0n) is 10.8. The summed E-state index contributed by atoms with van der Waals surface area (Å²) >= 11 is 0. The number of rotatable bonds is 4. The third-order valence-electron chi connectivity index (χ3n) is 3.62. The van der Waals surface area contributed by atoms with Crippen molar-refractivity contribution in [3.8, 4) is 0 Å². The Labute approximate surface area is 97.4 Å². The molecule has 4 heteroatoms. The van der Waals surface area contributed by atoms with Gasteiger partial charge in [-0.15, -0.1) is 0 Å². The van der Waals surface area contributed by atoms with Crippen LogP contribution in [0.15, 0.2) is 0 Å². The fourth-order valence-electron chi connectivity index (χ4n) is 2.04. The van der Waals surface area contributed by atoms with Gasteiger partial charge in [0.15, 0.2) is 0 Å². The van der Waals surface area contributed by atoms with Gasteiger partial charge in [-0.2, -0.15) is 0 Å². The van der Waals surface area contributed by atoms with Crippen molar-refractivity contribution in [3.63, 3.8) is 0 Å². The second-order valence-corrected chi connectivity index (χ2v) is 5.00. The molecule has 1 rings (SSSR count). The first-order valence-corrected chi connectivity index (χ1v) is 5.92. The number of carbonyl (C=O) groups excluding carboxylic acids is 2. The van der Waals surface area contributed by atoms with Crippen LogP contribution in [0, 0.1) is 17.8 Å². The standard InChI is InChI=1S/C12H22N2O2/c1-7(2)10(13-5)6-14-11(15)8(3)9(4)12(14)16/h7-10,13H,6H2,1-5H3. The molecule has 3 unspecified atom stereocenters. The minimum absolute atomic E-state index is 0.0293. The van der Waals surface area contributed by atoms with Gasteiger partial charge in [0, 0.05) is 24.4 Å². The minimum atomic E-state index is -0.169. The number of amides is 2. The van der Waals surface area contributed by atoms with Crippen molar-refractivity contribution in [3.05, 3.63) is 0 Å². The van der Waals surface area contributed by atoms with Gasteiger partial charge in [-0.05, 0) is 13.0 Å². The number of nitrogens with one attached hydrogen (secondary N) is 1. The number of likely N-dealkylation sites (N-methyl/N-ethyl adjacent to an activating group) is 1. The van der Waals surface area contributed by atoms with Gasteiger partial charge >= 0.3 is 0 Å².